The third-order valence-corrected chi connectivity index (χ3v) is 8.21. The maximum absolute atomic E-state index is 10.2. The highest BCUT2D eigenvalue weighted by molar-refractivity contribution is 5.40. The van der Waals surface area contributed by atoms with Gasteiger partial charge in [0.15, 0.2) is 0 Å². The van der Waals surface area contributed by atoms with Gasteiger partial charge in [-0.2, -0.15) is 0 Å². The van der Waals surface area contributed by atoms with Crippen molar-refractivity contribution < 1.29 is 15.3 Å². The Balaban J connectivity index is 1.51. The van der Waals surface area contributed by atoms with E-state index >= 15 is 0 Å². The fourth-order valence-corrected chi connectivity index (χ4v) is 6.07. The molecule has 0 aromatic heterocycles. The predicted molar refractivity (Wildman–Crippen MR) is 133 cm³/mol. The molecule has 3 fully saturated rings. The molecule has 0 saturated heterocycles. The van der Waals surface area contributed by atoms with Crippen LogP contribution in [0.4, 0.5) is 0 Å². The van der Waals surface area contributed by atoms with Crippen molar-refractivity contribution in [1.29, 1.82) is 0 Å². The standard InChI is InChI=1S/C30H38O3/c1-20-23(18-26(31)19-28(20)32)11-10-22-6-5-17-30(4)25(15-16-27(22)30)14-9-21-7-12-24(13-8-21)29(2,3)33/h7-8,10-13,25-28,31-33H,1,5-6,15-19H2,2-4H3/b22-10+,23-11-/t25-,26+,27-,28-,30+/m0/s1. The molecule has 3 nitrogen and oxygen atoms in total. The van der Waals surface area contributed by atoms with Crippen LogP contribution < -0.4 is 0 Å². The third-order valence-electron chi connectivity index (χ3n) is 8.21. The largest absolute Gasteiger partial charge is 0.393 e. The Hall–Kier alpha value is -2.12. The number of aliphatic hydroxyl groups excluding tert-OH is 2. The summed E-state index contributed by atoms with van der Waals surface area (Å²) in [4.78, 5) is 0. The SMILES string of the molecule is C=C1/C(=C\C=C2/CCC[C@]3(C)[C@@H](C#Cc4ccc(C(C)(C)O)cc4)CC[C@@H]23)C[C@@H](O)C[C@@H]1O. The van der Waals surface area contributed by atoms with Gasteiger partial charge in [0.25, 0.3) is 0 Å². The average Bonchev–Trinajstić information content (AvgIpc) is 3.10. The Morgan fingerprint density at radius 3 is 2.55 bits per heavy atom. The van der Waals surface area contributed by atoms with Crippen molar-refractivity contribution in [1.82, 2.24) is 0 Å². The summed E-state index contributed by atoms with van der Waals surface area (Å²) in [6.45, 7) is 10.1. The minimum Gasteiger partial charge on any atom is -0.393 e. The van der Waals surface area contributed by atoms with Crippen molar-refractivity contribution in [2.45, 2.75) is 83.5 Å². The summed E-state index contributed by atoms with van der Waals surface area (Å²) in [6, 6.07) is 7.94. The fraction of sp³-hybridized carbons (Fsp3) is 0.533. The molecular formula is C30H38O3. The number of allylic oxidation sites excluding steroid dienone is 3. The molecule has 0 amide bonds. The van der Waals surface area contributed by atoms with Crippen LogP contribution in [0.2, 0.25) is 0 Å². The smallest absolute Gasteiger partial charge is 0.0840 e. The monoisotopic (exact) mass is 446 g/mol. The fourth-order valence-electron chi connectivity index (χ4n) is 6.07. The van der Waals surface area contributed by atoms with Crippen molar-refractivity contribution in [2.75, 3.05) is 0 Å². The highest BCUT2D eigenvalue weighted by Gasteiger charge is 2.48. The number of aliphatic hydroxyl groups is 3. The minimum atomic E-state index is -0.835. The van der Waals surface area contributed by atoms with Crippen LogP contribution in [0.25, 0.3) is 0 Å². The summed E-state index contributed by atoms with van der Waals surface area (Å²) in [7, 11) is 0. The van der Waals surface area contributed by atoms with Crippen LogP contribution in [0.15, 0.2) is 59.7 Å². The summed E-state index contributed by atoms with van der Waals surface area (Å²) in [5.74, 6) is 7.92. The number of hydrogen-bond donors (Lipinski definition) is 3. The van der Waals surface area contributed by atoms with E-state index in [0.29, 0.717) is 24.7 Å². The van der Waals surface area contributed by atoms with E-state index in [1.54, 1.807) is 13.8 Å². The summed E-state index contributed by atoms with van der Waals surface area (Å²) in [5.41, 5.74) is 4.46. The molecule has 4 rings (SSSR count). The zero-order valence-electron chi connectivity index (χ0n) is 20.3. The Bertz CT molecular complexity index is 1010. The maximum atomic E-state index is 10.2. The average molecular weight is 447 g/mol. The Kier molecular flexibility index (Phi) is 6.74. The van der Waals surface area contributed by atoms with Gasteiger partial charge in [0, 0.05) is 17.9 Å². The van der Waals surface area contributed by atoms with E-state index in [9.17, 15) is 15.3 Å². The topological polar surface area (TPSA) is 60.7 Å². The van der Waals surface area contributed by atoms with Gasteiger partial charge in [-0.15, -0.1) is 0 Å². The molecule has 3 aliphatic rings. The second-order valence-corrected chi connectivity index (χ2v) is 11.0. The van der Waals surface area contributed by atoms with Crippen LogP contribution in [-0.4, -0.2) is 27.5 Å². The zero-order valence-corrected chi connectivity index (χ0v) is 20.3. The van der Waals surface area contributed by atoms with Crippen molar-refractivity contribution in [3.8, 4) is 11.8 Å². The molecule has 5 atom stereocenters. The lowest BCUT2D eigenvalue weighted by molar-refractivity contribution is 0.0785. The first kappa shape index (κ1) is 24.0. The van der Waals surface area contributed by atoms with Crippen molar-refractivity contribution >= 4 is 0 Å². The zero-order chi connectivity index (χ0) is 23.8. The molecule has 1 aromatic carbocycles. The van der Waals surface area contributed by atoms with E-state index in [1.807, 2.05) is 24.3 Å². The van der Waals surface area contributed by atoms with Gasteiger partial charge in [-0.3, -0.25) is 0 Å². The number of hydrogen-bond acceptors (Lipinski definition) is 3. The molecule has 1 aromatic rings. The van der Waals surface area contributed by atoms with Crippen LogP contribution in [-0.2, 0) is 5.60 Å². The second kappa shape index (κ2) is 9.26. The molecule has 0 radical (unpaired) electrons. The van der Waals surface area contributed by atoms with Crippen molar-refractivity contribution in [3.05, 3.63) is 70.8 Å². The first-order valence-electron chi connectivity index (χ1n) is 12.4. The number of rotatable bonds is 2. The van der Waals surface area contributed by atoms with Crippen LogP contribution in [0.5, 0.6) is 0 Å². The molecule has 3 heteroatoms. The van der Waals surface area contributed by atoms with Gasteiger partial charge >= 0.3 is 0 Å². The van der Waals surface area contributed by atoms with E-state index < -0.39 is 17.8 Å². The van der Waals surface area contributed by atoms with Gasteiger partial charge in [0.05, 0.1) is 17.8 Å². The van der Waals surface area contributed by atoms with Crippen LogP contribution in [0, 0.1) is 29.1 Å². The highest BCUT2D eigenvalue weighted by atomic mass is 16.3. The van der Waals surface area contributed by atoms with Gasteiger partial charge in [0.2, 0.25) is 0 Å². The third kappa shape index (κ3) is 5.04. The molecule has 0 aliphatic heterocycles. The molecule has 3 aliphatic carbocycles. The van der Waals surface area contributed by atoms with E-state index in [-0.39, 0.29) is 5.41 Å². The number of fused-ring (bicyclic) bond motifs is 1. The van der Waals surface area contributed by atoms with Crippen LogP contribution in [0.1, 0.15) is 76.8 Å². The summed E-state index contributed by atoms with van der Waals surface area (Å²) < 4.78 is 0. The molecule has 0 unspecified atom stereocenters. The predicted octanol–water partition coefficient (Wildman–Crippen LogP) is 5.41. The van der Waals surface area contributed by atoms with Gasteiger partial charge < -0.3 is 15.3 Å². The first-order chi connectivity index (χ1) is 15.6. The van der Waals surface area contributed by atoms with Crippen molar-refractivity contribution in [2.24, 2.45) is 17.3 Å². The van der Waals surface area contributed by atoms with E-state index in [1.165, 1.54) is 18.4 Å². The molecule has 0 spiro atoms. The molecule has 3 saturated carbocycles. The summed E-state index contributed by atoms with van der Waals surface area (Å²) in [5, 5.41) is 30.4. The lowest BCUT2D eigenvalue weighted by Gasteiger charge is -2.40. The van der Waals surface area contributed by atoms with Crippen molar-refractivity contribution in [3.63, 3.8) is 0 Å². The molecular weight excluding hydrogens is 408 g/mol. The van der Waals surface area contributed by atoms with E-state index in [4.69, 9.17) is 0 Å². The lowest BCUT2D eigenvalue weighted by atomic mass is 9.63. The molecule has 176 valence electrons. The summed E-state index contributed by atoms with van der Waals surface area (Å²) in [6.07, 6.45) is 9.93. The quantitative estimate of drug-likeness (QED) is 0.533. The Morgan fingerprint density at radius 1 is 1.12 bits per heavy atom. The number of benzene rings is 1. The summed E-state index contributed by atoms with van der Waals surface area (Å²) >= 11 is 0. The van der Waals surface area contributed by atoms with Gasteiger partial charge in [-0.05, 0) is 92.5 Å². The van der Waals surface area contributed by atoms with Gasteiger partial charge in [-0.25, -0.2) is 0 Å². The minimum absolute atomic E-state index is 0.186. The van der Waals surface area contributed by atoms with Gasteiger partial charge in [0.1, 0.15) is 0 Å². The van der Waals surface area contributed by atoms with Crippen LogP contribution in [0.3, 0.4) is 0 Å². The van der Waals surface area contributed by atoms with E-state index in [2.05, 4.69) is 37.5 Å². The molecule has 33 heavy (non-hydrogen) atoms. The highest BCUT2D eigenvalue weighted by Crippen LogP contribution is 2.57. The Morgan fingerprint density at radius 2 is 1.85 bits per heavy atom. The Labute approximate surface area is 198 Å². The molecule has 0 heterocycles. The molecule has 3 N–H and O–H groups in total. The maximum Gasteiger partial charge on any atom is 0.0840 e. The van der Waals surface area contributed by atoms with E-state index in [0.717, 1.165) is 41.5 Å². The van der Waals surface area contributed by atoms with Crippen LogP contribution >= 0.6 is 0 Å². The second-order valence-electron chi connectivity index (χ2n) is 11.0. The first-order valence-corrected chi connectivity index (χ1v) is 12.4. The van der Waals surface area contributed by atoms with Gasteiger partial charge in [-0.1, -0.05) is 55.2 Å². The lowest BCUT2D eigenvalue weighted by Crippen LogP contribution is -2.32. The normalized spacial score (nSPS) is 34.8. The molecule has 0 bridgehead atoms.